The zero-order valence-electron chi connectivity index (χ0n) is 9.24. The van der Waals surface area contributed by atoms with Crippen molar-refractivity contribution >= 4 is 16.7 Å². The summed E-state index contributed by atoms with van der Waals surface area (Å²) in [4.78, 5) is 5.35. The summed E-state index contributed by atoms with van der Waals surface area (Å²) in [5.41, 5.74) is 5.85. The van der Waals surface area contributed by atoms with Crippen molar-refractivity contribution < 1.29 is 13.2 Å². The molecule has 0 radical (unpaired) electrons. The Kier molecular flexibility index (Phi) is 3.26. The fourth-order valence-electron chi connectivity index (χ4n) is 1.80. The first-order valence-corrected chi connectivity index (χ1v) is 6.06. The lowest BCUT2D eigenvalue weighted by Crippen LogP contribution is -2.46. The topological polar surface area (TPSA) is 55.0 Å². The molecule has 1 fully saturated rings. The van der Waals surface area contributed by atoms with Crippen LogP contribution in [-0.2, 0) is 6.18 Å². The molecule has 2 N–H and O–H groups in total. The van der Waals surface area contributed by atoms with Gasteiger partial charge in [0.15, 0.2) is 0 Å². The van der Waals surface area contributed by atoms with Crippen molar-refractivity contribution in [1.29, 1.82) is 0 Å². The predicted octanol–water partition coefficient (Wildman–Crippen LogP) is 1.73. The lowest BCUT2D eigenvalue weighted by Gasteiger charge is -2.34. The average Bonchev–Trinajstić information content (AvgIpc) is 2.70. The number of piperidine rings is 1. The normalized spacial score (nSPS) is 26.3. The summed E-state index contributed by atoms with van der Waals surface area (Å²) in [6.07, 6.45) is -3.70. The fourth-order valence-corrected chi connectivity index (χ4v) is 2.52. The smallest absolute Gasteiger partial charge is 0.346 e. The number of halogens is 3. The van der Waals surface area contributed by atoms with Crippen LogP contribution in [0.15, 0.2) is 0 Å². The molecule has 0 bridgehead atoms. The molecule has 1 aliphatic heterocycles. The highest BCUT2D eigenvalue weighted by Crippen LogP contribution is 2.31. The number of alkyl halides is 3. The molecule has 4 nitrogen and oxygen atoms in total. The second-order valence-electron chi connectivity index (χ2n) is 4.27. The van der Waals surface area contributed by atoms with Crippen LogP contribution in [0.25, 0.3) is 0 Å². The molecule has 1 aromatic heterocycles. The monoisotopic (exact) mass is 266 g/mol. The Morgan fingerprint density at radius 2 is 2.18 bits per heavy atom. The molecule has 2 rings (SSSR count). The van der Waals surface area contributed by atoms with E-state index in [1.54, 1.807) is 0 Å². The number of hydrogen-bond donors (Lipinski definition) is 1. The Balaban J connectivity index is 2.11. The highest BCUT2D eigenvalue weighted by Gasteiger charge is 2.37. The van der Waals surface area contributed by atoms with Crippen molar-refractivity contribution in [3.63, 3.8) is 0 Å². The minimum absolute atomic E-state index is 0.112. The number of rotatable bonds is 1. The molecule has 1 saturated heterocycles. The number of nitrogens with two attached hydrogens (primary N) is 1. The van der Waals surface area contributed by atoms with Gasteiger partial charge in [0.05, 0.1) is 0 Å². The molecule has 1 aromatic rings. The van der Waals surface area contributed by atoms with Gasteiger partial charge in [-0.05, 0) is 12.3 Å². The van der Waals surface area contributed by atoms with Crippen LogP contribution in [0.5, 0.6) is 0 Å². The third kappa shape index (κ3) is 2.68. The summed E-state index contributed by atoms with van der Waals surface area (Å²) in [5.74, 6) is -0.804. The van der Waals surface area contributed by atoms with E-state index in [1.165, 1.54) is 0 Å². The summed E-state index contributed by atoms with van der Waals surface area (Å²) >= 11 is 0.790. The van der Waals surface area contributed by atoms with Crippen LogP contribution in [0.1, 0.15) is 19.2 Å². The van der Waals surface area contributed by atoms with Crippen molar-refractivity contribution in [2.24, 2.45) is 11.7 Å². The van der Waals surface area contributed by atoms with Crippen LogP contribution >= 0.6 is 11.5 Å². The first-order valence-electron chi connectivity index (χ1n) is 5.29. The van der Waals surface area contributed by atoms with E-state index in [4.69, 9.17) is 5.73 Å². The summed E-state index contributed by atoms with van der Waals surface area (Å²) in [6, 6.07) is 0.112. The summed E-state index contributed by atoms with van der Waals surface area (Å²) in [7, 11) is 0. The summed E-state index contributed by atoms with van der Waals surface area (Å²) in [6.45, 7) is 3.26. The lowest BCUT2D eigenvalue weighted by atomic mass is 9.95. The summed E-state index contributed by atoms with van der Waals surface area (Å²) in [5, 5.41) is 0.330. The molecule has 0 aromatic carbocycles. The maximum Gasteiger partial charge on any atom is 0.452 e. The van der Waals surface area contributed by atoms with Gasteiger partial charge in [-0.2, -0.15) is 22.5 Å². The molecule has 17 heavy (non-hydrogen) atoms. The van der Waals surface area contributed by atoms with Gasteiger partial charge in [-0.3, -0.25) is 0 Å². The van der Waals surface area contributed by atoms with Crippen molar-refractivity contribution in [2.45, 2.75) is 25.6 Å². The first kappa shape index (κ1) is 12.6. The Labute approximate surface area is 101 Å². The third-order valence-corrected chi connectivity index (χ3v) is 3.69. The molecule has 1 aliphatic rings. The van der Waals surface area contributed by atoms with Crippen molar-refractivity contribution in [2.75, 3.05) is 18.0 Å². The van der Waals surface area contributed by atoms with Gasteiger partial charge in [0, 0.05) is 30.7 Å². The molecule has 2 atom stereocenters. The highest BCUT2D eigenvalue weighted by molar-refractivity contribution is 7.09. The quantitative estimate of drug-likeness (QED) is 0.841. The van der Waals surface area contributed by atoms with Gasteiger partial charge in [-0.25, -0.2) is 0 Å². The van der Waals surface area contributed by atoms with E-state index in [-0.39, 0.29) is 12.0 Å². The SMILES string of the molecule is CC1CN(c2nc(C(F)(F)F)ns2)CCC1N. The largest absolute Gasteiger partial charge is 0.452 e. The minimum Gasteiger partial charge on any atom is -0.346 e. The third-order valence-electron chi connectivity index (χ3n) is 2.91. The molecule has 0 spiro atoms. The molecule has 0 saturated carbocycles. The van der Waals surface area contributed by atoms with E-state index in [1.807, 2.05) is 11.8 Å². The van der Waals surface area contributed by atoms with Crippen LogP contribution in [0.4, 0.5) is 18.3 Å². The Morgan fingerprint density at radius 1 is 1.47 bits per heavy atom. The van der Waals surface area contributed by atoms with Crippen molar-refractivity contribution in [1.82, 2.24) is 9.36 Å². The average molecular weight is 266 g/mol. The van der Waals surface area contributed by atoms with E-state index >= 15 is 0 Å². The van der Waals surface area contributed by atoms with E-state index in [0.717, 1.165) is 18.0 Å². The van der Waals surface area contributed by atoms with Gasteiger partial charge < -0.3 is 10.6 Å². The van der Waals surface area contributed by atoms with Gasteiger partial charge in [0.25, 0.3) is 0 Å². The maximum absolute atomic E-state index is 12.4. The number of nitrogens with zero attached hydrogens (tertiary/aromatic N) is 3. The molecule has 0 amide bonds. The zero-order valence-corrected chi connectivity index (χ0v) is 10.1. The van der Waals surface area contributed by atoms with Crippen LogP contribution < -0.4 is 10.6 Å². The van der Waals surface area contributed by atoms with E-state index in [2.05, 4.69) is 9.36 Å². The van der Waals surface area contributed by atoms with Gasteiger partial charge in [0.2, 0.25) is 11.0 Å². The second kappa shape index (κ2) is 4.41. The zero-order chi connectivity index (χ0) is 12.6. The summed E-state index contributed by atoms with van der Waals surface area (Å²) < 4.78 is 40.4. The van der Waals surface area contributed by atoms with E-state index in [9.17, 15) is 13.2 Å². The molecule has 96 valence electrons. The van der Waals surface area contributed by atoms with E-state index < -0.39 is 12.0 Å². The van der Waals surface area contributed by atoms with Crippen LogP contribution in [0.2, 0.25) is 0 Å². The molecule has 0 aliphatic carbocycles. The van der Waals surface area contributed by atoms with Crippen molar-refractivity contribution in [3.05, 3.63) is 5.82 Å². The van der Waals surface area contributed by atoms with Crippen LogP contribution in [0.3, 0.4) is 0 Å². The van der Waals surface area contributed by atoms with Gasteiger partial charge in [0.1, 0.15) is 0 Å². The van der Waals surface area contributed by atoms with Crippen LogP contribution in [0, 0.1) is 5.92 Å². The lowest BCUT2D eigenvalue weighted by molar-refractivity contribution is -0.144. The Morgan fingerprint density at radius 3 is 2.71 bits per heavy atom. The molecule has 2 unspecified atom stereocenters. The molecule has 2 heterocycles. The molecular formula is C9H13F3N4S. The molecule has 8 heteroatoms. The number of hydrogen-bond acceptors (Lipinski definition) is 5. The molecular weight excluding hydrogens is 253 g/mol. The van der Waals surface area contributed by atoms with Gasteiger partial charge >= 0.3 is 6.18 Å². The second-order valence-corrected chi connectivity index (χ2v) is 5.00. The van der Waals surface area contributed by atoms with E-state index in [0.29, 0.717) is 18.2 Å². The van der Waals surface area contributed by atoms with Crippen molar-refractivity contribution in [3.8, 4) is 0 Å². The maximum atomic E-state index is 12.4. The fraction of sp³-hybridized carbons (Fsp3) is 0.778. The van der Waals surface area contributed by atoms with Gasteiger partial charge in [-0.15, -0.1) is 0 Å². The predicted molar refractivity (Wildman–Crippen MR) is 58.9 cm³/mol. The highest BCUT2D eigenvalue weighted by atomic mass is 32.1. The van der Waals surface area contributed by atoms with Gasteiger partial charge in [-0.1, -0.05) is 6.92 Å². The Hall–Kier alpha value is -0.890. The Bertz CT molecular complexity index is 392. The standard InChI is InChI=1S/C9H13F3N4S/c1-5-4-16(3-2-6(5)13)8-14-7(15-17-8)9(10,11)12/h5-6H,2-4,13H2,1H3. The first-order chi connectivity index (χ1) is 7.88. The number of aromatic nitrogens is 2. The van der Waals surface area contributed by atoms with Crippen LogP contribution in [-0.4, -0.2) is 28.5 Å². The number of anilines is 1. The minimum atomic E-state index is -4.47.